The molecule has 3 heteroatoms. The number of nitrogens with zero attached hydrogens (tertiary/aromatic N) is 2. The molecule has 1 heterocycles. The van der Waals surface area contributed by atoms with E-state index >= 15 is 0 Å². The number of piperazine rings is 1. The Morgan fingerprint density at radius 2 is 1.39 bits per heavy atom. The average molecular weight is 312 g/mol. The van der Waals surface area contributed by atoms with Crippen molar-refractivity contribution in [3.05, 3.63) is 71.5 Å². The topological polar surface area (TPSA) is 6.48 Å². The van der Waals surface area contributed by atoms with Crippen molar-refractivity contribution in [3.63, 3.8) is 0 Å². The Morgan fingerprint density at radius 1 is 0.826 bits per heavy atom. The van der Waals surface area contributed by atoms with Crippen molar-refractivity contribution in [1.82, 2.24) is 9.80 Å². The van der Waals surface area contributed by atoms with Gasteiger partial charge in [0.05, 0.1) is 0 Å². The first-order chi connectivity index (χ1) is 11.1. The van der Waals surface area contributed by atoms with Gasteiger partial charge in [0.25, 0.3) is 0 Å². The van der Waals surface area contributed by atoms with E-state index in [0.717, 1.165) is 31.7 Å². The first kappa shape index (κ1) is 16.2. The highest BCUT2D eigenvalue weighted by atomic mass is 19.1. The van der Waals surface area contributed by atoms with Crippen LogP contribution in [0.1, 0.15) is 25.0 Å². The molecule has 0 amide bonds. The molecule has 0 radical (unpaired) electrons. The summed E-state index contributed by atoms with van der Waals surface area (Å²) < 4.78 is 13.4. The van der Waals surface area contributed by atoms with Crippen LogP contribution in [0, 0.1) is 5.82 Å². The molecule has 0 spiro atoms. The Kier molecular flexibility index (Phi) is 5.09. The van der Waals surface area contributed by atoms with Gasteiger partial charge in [0.1, 0.15) is 5.82 Å². The van der Waals surface area contributed by atoms with Gasteiger partial charge in [-0.1, -0.05) is 42.5 Å². The standard InChI is InChI=1S/C20H25FN2/c1-16-13-23(15-19-9-6-10-20(21)11-19)17(2)12-22(16)14-18-7-4-3-5-8-18/h3-11,16-17H,12-15H2,1-2H3/t16-,17+/m1/s1. The molecule has 1 aliphatic rings. The van der Waals surface area contributed by atoms with Crippen LogP contribution in [0.15, 0.2) is 54.6 Å². The maximum absolute atomic E-state index is 13.4. The van der Waals surface area contributed by atoms with Crippen LogP contribution in [0.25, 0.3) is 0 Å². The number of hydrogen-bond donors (Lipinski definition) is 0. The molecule has 1 fully saturated rings. The lowest BCUT2D eigenvalue weighted by Gasteiger charge is -2.44. The first-order valence-electron chi connectivity index (χ1n) is 8.38. The van der Waals surface area contributed by atoms with Crippen molar-refractivity contribution in [2.75, 3.05) is 13.1 Å². The van der Waals surface area contributed by atoms with E-state index in [0.29, 0.717) is 12.1 Å². The molecule has 2 aromatic rings. The summed E-state index contributed by atoms with van der Waals surface area (Å²) in [4.78, 5) is 5.00. The highest BCUT2D eigenvalue weighted by Crippen LogP contribution is 2.20. The summed E-state index contributed by atoms with van der Waals surface area (Å²) in [5.41, 5.74) is 2.42. The van der Waals surface area contributed by atoms with Gasteiger partial charge in [-0.15, -0.1) is 0 Å². The fourth-order valence-electron chi connectivity index (χ4n) is 3.40. The molecule has 3 rings (SSSR count). The van der Waals surface area contributed by atoms with E-state index in [9.17, 15) is 4.39 Å². The van der Waals surface area contributed by atoms with E-state index in [4.69, 9.17) is 0 Å². The summed E-state index contributed by atoms with van der Waals surface area (Å²) in [6.45, 7) is 8.44. The van der Waals surface area contributed by atoms with Gasteiger partial charge in [-0.3, -0.25) is 9.80 Å². The van der Waals surface area contributed by atoms with Crippen molar-refractivity contribution in [1.29, 1.82) is 0 Å². The van der Waals surface area contributed by atoms with Crippen molar-refractivity contribution in [2.24, 2.45) is 0 Å². The van der Waals surface area contributed by atoms with Gasteiger partial charge in [-0.2, -0.15) is 0 Å². The summed E-state index contributed by atoms with van der Waals surface area (Å²) in [7, 11) is 0. The minimum Gasteiger partial charge on any atom is -0.294 e. The van der Waals surface area contributed by atoms with Crippen molar-refractivity contribution < 1.29 is 4.39 Å². The lowest BCUT2D eigenvalue weighted by Crippen LogP contribution is -2.55. The van der Waals surface area contributed by atoms with Crippen LogP contribution in [-0.2, 0) is 13.1 Å². The normalized spacial score (nSPS) is 23.1. The number of benzene rings is 2. The molecular weight excluding hydrogens is 287 g/mol. The molecule has 122 valence electrons. The fourth-order valence-corrected chi connectivity index (χ4v) is 3.40. The minimum absolute atomic E-state index is 0.147. The van der Waals surface area contributed by atoms with E-state index in [1.165, 1.54) is 11.6 Å². The summed E-state index contributed by atoms with van der Waals surface area (Å²) in [5, 5.41) is 0. The third kappa shape index (κ3) is 4.18. The third-order valence-corrected chi connectivity index (χ3v) is 4.75. The molecule has 1 aliphatic heterocycles. The zero-order valence-corrected chi connectivity index (χ0v) is 14.0. The highest BCUT2D eigenvalue weighted by molar-refractivity contribution is 5.17. The molecule has 2 nitrogen and oxygen atoms in total. The Morgan fingerprint density at radius 3 is 2.00 bits per heavy atom. The maximum Gasteiger partial charge on any atom is 0.123 e. The van der Waals surface area contributed by atoms with Gasteiger partial charge in [0.2, 0.25) is 0 Å². The number of rotatable bonds is 4. The Balaban J connectivity index is 1.62. The Bertz CT molecular complexity index is 629. The zero-order chi connectivity index (χ0) is 16.2. The van der Waals surface area contributed by atoms with Crippen LogP contribution in [0.5, 0.6) is 0 Å². The maximum atomic E-state index is 13.4. The van der Waals surface area contributed by atoms with Gasteiger partial charge in [0, 0.05) is 38.3 Å². The number of halogens is 1. The molecule has 1 saturated heterocycles. The van der Waals surface area contributed by atoms with Crippen LogP contribution in [0.4, 0.5) is 4.39 Å². The van der Waals surface area contributed by atoms with E-state index in [-0.39, 0.29) is 5.82 Å². The van der Waals surface area contributed by atoms with Gasteiger partial charge in [0.15, 0.2) is 0 Å². The molecule has 0 bridgehead atoms. The smallest absolute Gasteiger partial charge is 0.123 e. The van der Waals surface area contributed by atoms with E-state index in [2.05, 4.69) is 54.0 Å². The molecule has 2 aromatic carbocycles. The van der Waals surface area contributed by atoms with Crippen LogP contribution >= 0.6 is 0 Å². The Labute approximate surface area is 138 Å². The van der Waals surface area contributed by atoms with E-state index in [1.807, 2.05) is 6.07 Å². The lowest BCUT2D eigenvalue weighted by molar-refractivity contribution is 0.0327. The first-order valence-corrected chi connectivity index (χ1v) is 8.38. The molecule has 2 atom stereocenters. The predicted octanol–water partition coefficient (Wildman–Crippen LogP) is 3.92. The zero-order valence-electron chi connectivity index (χ0n) is 14.0. The summed E-state index contributed by atoms with van der Waals surface area (Å²) >= 11 is 0. The highest BCUT2D eigenvalue weighted by Gasteiger charge is 2.28. The average Bonchev–Trinajstić information content (AvgIpc) is 2.53. The largest absolute Gasteiger partial charge is 0.294 e. The molecule has 0 aliphatic carbocycles. The van der Waals surface area contributed by atoms with Gasteiger partial charge in [-0.25, -0.2) is 4.39 Å². The molecule has 23 heavy (non-hydrogen) atoms. The molecule has 0 unspecified atom stereocenters. The summed E-state index contributed by atoms with van der Waals surface area (Å²) in [5.74, 6) is -0.147. The lowest BCUT2D eigenvalue weighted by atomic mass is 10.1. The van der Waals surface area contributed by atoms with Gasteiger partial charge >= 0.3 is 0 Å². The monoisotopic (exact) mass is 312 g/mol. The van der Waals surface area contributed by atoms with Crippen molar-refractivity contribution >= 4 is 0 Å². The van der Waals surface area contributed by atoms with Crippen LogP contribution in [-0.4, -0.2) is 35.0 Å². The summed E-state index contributed by atoms with van der Waals surface area (Å²) in [6.07, 6.45) is 0. The molecular formula is C20H25FN2. The SMILES string of the molecule is C[C@@H]1CN(Cc2cccc(F)c2)[C@@H](C)CN1Cc1ccccc1. The van der Waals surface area contributed by atoms with E-state index in [1.54, 1.807) is 12.1 Å². The van der Waals surface area contributed by atoms with Crippen molar-refractivity contribution in [3.8, 4) is 0 Å². The molecule has 0 saturated carbocycles. The molecule has 0 N–H and O–H groups in total. The van der Waals surface area contributed by atoms with Crippen molar-refractivity contribution in [2.45, 2.75) is 39.0 Å². The Hall–Kier alpha value is -1.71. The van der Waals surface area contributed by atoms with Gasteiger partial charge < -0.3 is 0 Å². The third-order valence-electron chi connectivity index (χ3n) is 4.75. The van der Waals surface area contributed by atoms with Crippen LogP contribution in [0.2, 0.25) is 0 Å². The minimum atomic E-state index is -0.147. The fraction of sp³-hybridized carbons (Fsp3) is 0.400. The van der Waals surface area contributed by atoms with E-state index < -0.39 is 0 Å². The second-order valence-electron chi connectivity index (χ2n) is 6.67. The summed E-state index contributed by atoms with van der Waals surface area (Å²) in [6, 6.07) is 18.6. The second kappa shape index (κ2) is 7.24. The number of hydrogen-bond acceptors (Lipinski definition) is 2. The van der Waals surface area contributed by atoms with Crippen LogP contribution < -0.4 is 0 Å². The predicted molar refractivity (Wildman–Crippen MR) is 92.6 cm³/mol. The quantitative estimate of drug-likeness (QED) is 0.844. The van der Waals surface area contributed by atoms with Crippen LogP contribution in [0.3, 0.4) is 0 Å². The second-order valence-corrected chi connectivity index (χ2v) is 6.67. The molecule has 0 aromatic heterocycles. The van der Waals surface area contributed by atoms with Gasteiger partial charge in [-0.05, 0) is 37.1 Å².